The molecule has 6 heteroatoms. The van der Waals surface area contributed by atoms with Crippen LogP contribution in [0.1, 0.15) is 11.1 Å². The molecule has 1 aliphatic rings. The predicted octanol–water partition coefficient (Wildman–Crippen LogP) is 2.92. The highest BCUT2D eigenvalue weighted by Gasteiger charge is 2.20. The summed E-state index contributed by atoms with van der Waals surface area (Å²) in [5, 5.41) is 10.4. The van der Waals surface area contributed by atoms with Crippen molar-refractivity contribution in [3.05, 3.63) is 53.6 Å². The van der Waals surface area contributed by atoms with Gasteiger partial charge in [-0.1, -0.05) is 30.3 Å². The third-order valence-corrected chi connectivity index (χ3v) is 4.48. The Hall–Kier alpha value is -1.95. The fourth-order valence-corrected chi connectivity index (χ4v) is 3.20. The summed E-state index contributed by atoms with van der Waals surface area (Å²) in [5.41, 5.74) is 2.75. The Morgan fingerprint density at radius 2 is 1.65 bits per heavy atom. The van der Waals surface area contributed by atoms with Gasteiger partial charge in [-0.05, 0) is 29.7 Å². The van der Waals surface area contributed by atoms with Gasteiger partial charge in [0, 0.05) is 19.6 Å². The Morgan fingerprint density at radius 3 is 2.31 bits per heavy atom. The van der Waals surface area contributed by atoms with Crippen LogP contribution in [0.4, 0.5) is 0 Å². The number of fused-ring (bicyclic) bond motifs is 1. The Balaban J connectivity index is 0.00000243. The molecule has 1 heterocycles. The fourth-order valence-electron chi connectivity index (χ4n) is 3.20. The molecule has 26 heavy (non-hydrogen) atoms. The highest BCUT2D eigenvalue weighted by molar-refractivity contribution is 5.85. The van der Waals surface area contributed by atoms with Gasteiger partial charge in [0.25, 0.3) is 0 Å². The van der Waals surface area contributed by atoms with Crippen molar-refractivity contribution in [3.8, 4) is 17.2 Å². The van der Waals surface area contributed by atoms with Crippen LogP contribution in [-0.2, 0) is 13.0 Å². The van der Waals surface area contributed by atoms with E-state index in [9.17, 15) is 5.11 Å². The van der Waals surface area contributed by atoms with Gasteiger partial charge < -0.3 is 19.3 Å². The Bertz CT molecular complexity index is 688. The van der Waals surface area contributed by atoms with Gasteiger partial charge in [0.2, 0.25) is 5.75 Å². The average Bonchev–Trinajstić information content (AvgIpc) is 2.65. The Morgan fingerprint density at radius 1 is 1.00 bits per heavy atom. The molecule has 0 saturated carbocycles. The number of aliphatic hydroxyl groups is 1. The van der Waals surface area contributed by atoms with Gasteiger partial charge in [0.1, 0.15) is 12.7 Å². The second kappa shape index (κ2) is 9.67. The lowest BCUT2D eigenvalue weighted by Gasteiger charge is -2.30. The first-order valence-electron chi connectivity index (χ1n) is 8.52. The van der Waals surface area contributed by atoms with Crippen LogP contribution >= 0.6 is 12.4 Å². The van der Waals surface area contributed by atoms with E-state index in [2.05, 4.69) is 29.2 Å². The summed E-state index contributed by atoms with van der Waals surface area (Å²) in [4.78, 5) is 2.26. The largest absolute Gasteiger partial charge is 0.493 e. The third kappa shape index (κ3) is 4.81. The predicted molar refractivity (Wildman–Crippen MR) is 104 cm³/mol. The van der Waals surface area contributed by atoms with E-state index in [1.54, 1.807) is 14.2 Å². The van der Waals surface area contributed by atoms with Crippen LogP contribution in [0, 0.1) is 0 Å². The molecule has 2 aromatic rings. The van der Waals surface area contributed by atoms with Crippen molar-refractivity contribution in [2.45, 2.75) is 19.1 Å². The zero-order chi connectivity index (χ0) is 17.6. The van der Waals surface area contributed by atoms with E-state index in [4.69, 9.17) is 14.2 Å². The lowest BCUT2D eigenvalue weighted by Crippen LogP contribution is -2.38. The number of nitrogens with zero attached hydrogens (tertiary/aromatic N) is 1. The monoisotopic (exact) mass is 379 g/mol. The molecular formula is C20H26ClNO4. The molecule has 1 N–H and O–H groups in total. The average molecular weight is 380 g/mol. The molecule has 0 aliphatic carbocycles. The summed E-state index contributed by atoms with van der Waals surface area (Å²) in [7, 11) is 3.17. The summed E-state index contributed by atoms with van der Waals surface area (Å²) in [6.45, 7) is 2.58. The molecule has 1 aliphatic heterocycles. The SMILES string of the molecule is COc1cccc(OC)c1OCC(O)CN1CCc2ccccc2C1.Cl. The fraction of sp³-hybridized carbons (Fsp3) is 0.400. The molecule has 0 spiro atoms. The zero-order valence-electron chi connectivity index (χ0n) is 15.2. The summed E-state index contributed by atoms with van der Waals surface area (Å²) >= 11 is 0. The summed E-state index contributed by atoms with van der Waals surface area (Å²) in [6.07, 6.45) is 0.434. The lowest BCUT2D eigenvalue weighted by atomic mass is 10.00. The molecular weight excluding hydrogens is 354 g/mol. The first-order chi connectivity index (χ1) is 12.2. The molecule has 0 amide bonds. The highest BCUT2D eigenvalue weighted by atomic mass is 35.5. The second-order valence-electron chi connectivity index (χ2n) is 6.21. The van der Waals surface area contributed by atoms with Gasteiger partial charge in [-0.2, -0.15) is 0 Å². The second-order valence-corrected chi connectivity index (χ2v) is 6.21. The maximum Gasteiger partial charge on any atom is 0.203 e. The van der Waals surface area contributed by atoms with Crippen LogP contribution < -0.4 is 14.2 Å². The maximum atomic E-state index is 10.4. The minimum Gasteiger partial charge on any atom is -0.493 e. The molecule has 0 fully saturated rings. The standard InChI is InChI=1S/C20H25NO4.ClH/c1-23-18-8-5-9-19(24-2)20(18)25-14-17(22)13-21-11-10-15-6-3-4-7-16(15)12-21;/h3-9,17,22H,10-14H2,1-2H3;1H. The number of rotatable bonds is 7. The van der Waals surface area contributed by atoms with E-state index in [0.717, 1.165) is 19.5 Å². The Kier molecular flexibility index (Phi) is 7.57. The molecule has 0 saturated heterocycles. The molecule has 3 rings (SSSR count). The molecule has 1 atom stereocenters. The van der Waals surface area contributed by atoms with E-state index >= 15 is 0 Å². The van der Waals surface area contributed by atoms with Crippen LogP contribution in [-0.4, -0.2) is 50.0 Å². The molecule has 0 radical (unpaired) electrons. The van der Waals surface area contributed by atoms with E-state index in [1.165, 1.54) is 11.1 Å². The molecule has 2 aromatic carbocycles. The smallest absolute Gasteiger partial charge is 0.203 e. The van der Waals surface area contributed by atoms with E-state index in [1.807, 2.05) is 18.2 Å². The number of benzene rings is 2. The van der Waals surface area contributed by atoms with Gasteiger partial charge in [0.15, 0.2) is 11.5 Å². The normalized spacial score (nSPS) is 14.7. The first kappa shape index (κ1) is 20.4. The van der Waals surface area contributed by atoms with Gasteiger partial charge in [-0.25, -0.2) is 0 Å². The minimum atomic E-state index is -0.583. The molecule has 1 unspecified atom stereocenters. The summed E-state index contributed by atoms with van der Waals surface area (Å²) in [6, 6.07) is 13.9. The number of hydrogen-bond donors (Lipinski definition) is 1. The quantitative estimate of drug-likeness (QED) is 0.801. The summed E-state index contributed by atoms with van der Waals surface area (Å²) < 4.78 is 16.4. The Labute approximate surface area is 160 Å². The maximum absolute atomic E-state index is 10.4. The number of para-hydroxylation sites is 1. The van der Waals surface area contributed by atoms with Crippen molar-refractivity contribution in [3.63, 3.8) is 0 Å². The zero-order valence-corrected chi connectivity index (χ0v) is 16.0. The van der Waals surface area contributed by atoms with Crippen LogP contribution in [0.15, 0.2) is 42.5 Å². The van der Waals surface area contributed by atoms with Crippen molar-refractivity contribution in [2.75, 3.05) is 33.9 Å². The number of aliphatic hydroxyl groups excluding tert-OH is 1. The van der Waals surface area contributed by atoms with Crippen LogP contribution in [0.5, 0.6) is 17.2 Å². The topological polar surface area (TPSA) is 51.2 Å². The number of halogens is 1. The molecule has 0 aromatic heterocycles. The lowest BCUT2D eigenvalue weighted by molar-refractivity contribution is 0.0618. The number of hydrogen-bond acceptors (Lipinski definition) is 5. The molecule has 142 valence electrons. The van der Waals surface area contributed by atoms with Gasteiger partial charge >= 0.3 is 0 Å². The number of methoxy groups -OCH3 is 2. The minimum absolute atomic E-state index is 0. The molecule has 0 bridgehead atoms. The van der Waals surface area contributed by atoms with Crippen molar-refractivity contribution in [2.24, 2.45) is 0 Å². The van der Waals surface area contributed by atoms with Crippen LogP contribution in [0.2, 0.25) is 0 Å². The van der Waals surface area contributed by atoms with Crippen LogP contribution in [0.25, 0.3) is 0 Å². The van der Waals surface area contributed by atoms with Crippen molar-refractivity contribution in [1.82, 2.24) is 4.90 Å². The van der Waals surface area contributed by atoms with E-state index in [0.29, 0.717) is 23.8 Å². The highest BCUT2D eigenvalue weighted by Crippen LogP contribution is 2.36. The number of β-amino-alcohol motifs (C(OH)–C–C–N with tert-alkyl or cyclic N) is 1. The first-order valence-corrected chi connectivity index (χ1v) is 8.52. The van der Waals surface area contributed by atoms with Crippen molar-refractivity contribution >= 4 is 12.4 Å². The third-order valence-electron chi connectivity index (χ3n) is 4.48. The van der Waals surface area contributed by atoms with Gasteiger partial charge in [0.05, 0.1) is 14.2 Å². The summed E-state index contributed by atoms with van der Waals surface area (Å²) in [5.74, 6) is 1.72. The molecule has 5 nitrogen and oxygen atoms in total. The van der Waals surface area contributed by atoms with Crippen molar-refractivity contribution < 1.29 is 19.3 Å². The van der Waals surface area contributed by atoms with E-state index < -0.39 is 6.10 Å². The van der Waals surface area contributed by atoms with E-state index in [-0.39, 0.29) is 19.0 Å². The van der Waals surface area contributed by atoms with Crippen LogP contribution in [0.3, 0.4) is 0 Å². The van der Waals surface area contributed by atoms with Gasteiger partial charge in [-0.15, -0.1) is 12.4 Å². The number of ether oxygens (including phenoxy) is 3. The van der Waals surface area contributed by atoms with Crippen molar-refractivity contribution in [1.29, 1.82) is 0 Å². The van der Waals surface area contributed by atoms with Gasteiger partial charge in [-0.3, -0.25) is 4.90 Å².